The highest BCUT2D eigenvalue weighted by Crippen LogP contribution is 2.25. The highest BCUT2D eigenvalue weighted by atomic mass is 19.1. The third kappa shape index (κ3) is 3.15. The molecule has 2 rings (SSSR count). The molecule has 0 spiro atoms. The summed E-state index contributed by atoms with van der Waals surface area (Å²) in [6.45, 7) is 2.24. The molecule has 1 aromatic rings. The Labute approximate surface area is 122 Å². The van der Waals surface area contributed by atoms with Gasteiger partial charge in [-0.1, -0.05) is 13.0 Å². The Kier molecular flexibility index (Phi) is 4.45. The summed E-state index contributed by atoms with van der Waals surface area (Å²) < 4.78 is 18.4. The molecule has 2 atom stereocenters. The minimum Gasteiger partial charge on any atom is -0.494 e. The van der Waals surface area contributed by atoms with Crippen LogP contribution in [0.15, 0.2) is 18.2 Å². The fourth-order valence-electron chi connectivity index (χ4n) is 2.70. The molecule has 0 aliphatic carbocycles. The minimum absolute atomic E-state index is 0.0165. The van der Waals surface area contributed by atoms with Crippen molar-refractivity contribution < 1.29 is 23.8 Å². The zero-order valence-corrected chi connectivity index (χ0v) is 12.0. The lowest BCUT2D eigenvalue weighted by atomic mass is 10.0. The molecule has 1 aliphatic heterocycles. The topological polar surface area (TPSA) is 66.8 Å². The maximum atomic E-state index is 13.6. The van der Waals surface area contributed by atoms with E-state index in [1.54, 1.807) is 6.07 Å². The van der Waals surface area contributed by atoms with Crippen molar-refractivity contribution in [1.29, 1.82) is 0 Å². The Bertz CT molecular complexity index is 561. The van der Waals surface area contributed by atoms with Gasteiger partial charge in [0.2, 0.25) is 5.91 Å². The van der Waals surface area contributed by atoms with Crippen LogP contribution in [0.25, 0.3) is 0 Å². The van der Waals surface area contributed by atoms with Crippen LogP contribution in [0.4, 0.5) is 4.39 Å². The molecule has 21 heavy (non-hydrogen) atoms. The Morgan fingerprint density at radius 1 is 1.48 bits per heavy atom. The second-order valence-electron chi connectivity index (χ2n) is 5.28. The van der Waals surface area contributed by atoms with Crippen molar-refractivity contribution >= 4 is 11.9 Å². The van der Waals surface area contributed by atoms with Gasteiger partial charge in [0.05, 0.1) is 13.5 Å². The quantitative estimate of drug-likeness (QED) is 0.918. The van der Waals surface area contributed by atoms with Crippen molar-refractivity contribution in [2.24, 2.45) is 5.92 Å². The van der Waals surface area contributed by atoms with Gasteiger partial charge in [0, 0.05) is 6.54 Å². The number of halogens is 1. The SMILES string of the molecule is COc1ccc(CC(=O)N2CCC(C)C2C(=O)O)cc1F. The third-order valence-electron chi connectivity index (χ3n) is 3.85. The third-order valence-corrected chi connectivity index (χ3v) is 3.85. The highest BCUT2D eigenvalue weighted by Gasteiger charge is 2.39. The number of hydrogen-bond donors (Lipinski definition) is 1. The summed E-state index contributed by atoms with van der Waals surface area (Å²) in [7, 11) is 1.37. The van der Waals surface area contributed by atoms with Crippen molar-refractivity contribution in [2.75, 3.05) is 13.7 Å². The van der Waals surface area contributed by atoms with Crippen LogP contribution in [0.3, 0.4) is 0 Å². The lowest BCUT2D eigenvalue weighted by Gasteiger charge is -2.23. The average molecular weight is 295 g/mol. The standard InChI is InChI=1S/C15H18FNO4/c1-9-5-6-17(14(9)15(19)20)13(18)8-10-3-4-12(21-2)11(16)7-10/h3-4,7,9,14H,5-6,8H2,1-2H3,(H,19,20). The van der Waals surface area contributed by atoms with E-state index in [-0.39, 0.29) is 24.0 Å². The number of methoxy groups -OCH3 is 1. The number of benzene rings is 1. The molecular formula is C15H18FNO4. The van der Waals surface area contributed by atoms with Crippen LogP contribution in [0.5, 0.6) is 5.75 Å². The Hall–Kier alpha value is -2.11. The number of nitrogens with zero attached hydrogens (tertiary/aromatic N) is 1. The van der Waals surface area contributed by atoms with Gasteiger partial charge in [0.25, 0.3) is 0 Å². The Morgan fingerprint density at radius 3 is 2.76 bits per heavy atom. The number of hydrogen-bond acceptors (Lipinski definition) is 3. The normalized spacial score (nSPS) is 21.4. The summed E-state index contributed by atoms with van der Waals surface area (Å²) in [4.78, 5) is 24.9. The van der Waals surface area contributed by atoms with Gasteiger partial charge in [0.15, 0.2) is 11.6 Å². The number of carbonyl (C=O) groups excluding carboxylic acids is 1. The first kappa shape index (κ1) is 15.3. The molecule has 0 radical (unpaired) electrons. The van der Waals surface area contributed by atoms with E-state index in [4.69, 9.17) is 4.74 Å². The minimum atomic E-state index is -0.991. The summed E-state index contributed by atoms with van der Waals surface area (Å²) in [6, 6.07) is 3.51. The van der Waals surface area contributed by atoms with Gasteiger partial charge in [-0.25, -0.2) is 9.18 Å². The van der Waals surface area contributed by atoms with Crippen LogP contribution in [0.1, 0.15) is 18.9 Å². The van der Waals surface area contributed by atoms with Crippen LogP contribution in [-0.4, -0.2) is 41.6 Å². The number of rotatable bonds is 4. The van der Waals surface area contributed by atoms with Crippen molar-refractivity contribution in [3.63, 3.8) is 0 Å². The second-order valence-corrected chi connectivity index (χ2v) is 5.28. The Balaban J connectivity index is 2.11. The van der Waals surface area contributed by atoms with E-state index in [0.29, 0.717) is 18.5 Å². The molecule has 0 saturated carbocycles. The summed E-state index contributed by atoms with van der Waals surface area (Å²) in [5.41, 5.74) is 0.502. The number of ether oxygens (including phenoxy) is 1. The van der Waals surface area contributed by atoms with Crippen molar-refractivity contribution in [1.82, 2.24) is 4.90 Å². The second kappa shape index (κ2) is 6.11. The zero-order chi connectivity index (χ0) is 15.6. The highest BCUT2D eigenvalue weighted by molar-refractivity contribution is 5.85. The molecule has 1 N–H and O–H groups in total. The van der Waals surface area contributed by atoms with Gasteiger partial charge in [-0.3, -0.25) is 4.79 Å². The molecule has 114 valence electrons. The molecule has 1 fully saturated rings. The molecule has 1 heterocycles. The van der Waals surface area contributed by atoms with E-state index in [2.05, 4.69) is 0 Å². The summed E-state index contributed by atoms with van der Waals surface area (Å²) in [5, 5.41) is 9.21. The first-order valence-corrected chi connectivity index (χ1v) is 6.78. The maximum absolute atomic E-state index is 13.6. The van der Waals surface area contributed by atoms with E-state index in [1.807, 2.05) is 6.92 Å². The molecule has 1 amide bonds. The average Bonchev–Trinajstić information content (AvgIpc) is 2.81. The Morgan fingerprint density at radius 2 is 2.19 bits per heavy atom. The molecule has 5 nitrogen and oxygen atoms in total. The van der Waals surface area contributed by atoms with Gasteiger partial charge in [-0.15, -0.1) is 0 Å². The number of likely N-dealkylation sites (tertiary alicyclic amines) is 1. The van der Waals surface area contributed by atoms with Crippen LogP contribution in [0, 0.1) is 11.7 Å². The van der Waals surface area contributed by atoms with Crippen LogP contribution in [-0.2, 0) is 16.0 Å². The lowest BCUT2D eigenvalue weighted by Crippen LogP contribution is -2.43. The fourth-order valence-corrected chi connectivity index (χ4v) is 2.70. The molecule has 2 unspecified atom stereocenters. The van der Waals surface area contributed by atoms with Crippen molar-refractivity contribution in [3.8, 4) is 5.75 Å². The van der Waals surface area contributed by atoms with Crippen molar-refractivity contribution in [2.45, 2.75) is 25.8 Å². The van der Waals surface area contributed by atoms with E-state index < -0.39 is 17.8 Å². The number of amides is 1. The molecule has 0 bridgehead atoms. The largest absolute Gasteiger partial charge is 0.494 e. The molecule has 6 heteroatoms. The first-order valence-electron chi connectivity index (χ1n) is 6.78. The zero-order valence-electron chi connectivity index (χ0n) is 12.0. The van der Waals surface area contributed by atoms with E-state index in [9.17, 15) is 19.1 Å². The monoisotopic (exact) mass is 295 g/mol. The van der Waals surface area contributed by atoms with E-state index in [1.165, 1.54) is 24.1 Å². The van der Waals surface area contributed by atoms with E-state index in [0.717, 1.165) is 0 Å². The van der Waals surface area contributed by atoms with Crippen LogP contribution < -0.4 is 4.74 Å². The number of carboxylic acids is 1. The van der Waals surface area contributed by atoms with Gasteiger partial charge in [0.1, 0.15) is 6.04 Å². The molecule has 1 saturated heterocycles. The van der Waals surface area contributed by atoms with E-state index >= 15 is 0 Å². The number of carboxylic acid groups (broad SMARTS) is 1. The van der Waals surface area contributed by atoms with Crippen LogP contribution >= 0.6 is 0 Å². The van der Waals surface area contributed by atoms with Gasteiger partial charge in [-0.2, -0.15) is 0 Å². The predicted octanol–water partition coefficient (Wildman–Crippen LogP) is 1.70. The van der Waals surface area contributed by atoms with Crippen molar-refractivity contribution in [3.05, 3.63) is 29.6 Å². The smallest absolute Gasteiger partial charge is 0.326 e. The molecule has 1 aromatic carbocycles. The maximum Gasteiger partial charge on any atom is 0.326 e. The summed E-state index contributed by atoms with van der Waals surface area (Å²) in [6.07, 6.45) is 0.650. The van der Waals surface area contributed by atoms with Gasteiger partial charge in [-0.05, 0) is 30.0 Å². The van der Waals surface area contributed by atoms with Crippen LogP contribution in [0.2, 0.25) is 0 Å². The predicted molar refractivity (Wildman–Crippen MR) is 73.6 cm³/mol. The van der Waals surface area contributed by atoms with Gasteiger partial charge < -0.3 is 14.7 Å². The van der Waals surface area contributed by atoms with Gasteiger partial charge >= 0.3 is 5.97 Å². The summed E-state index contributed by atoms with van der Waals surface area (Å²) >= 11 is 0. The molecule has 0 aromatic heterocycles. The lowest BCUT2D eigenvalue weighted by molar-refractivity contribution is -0.149. The first-order chi connectivity index (χ1) is 9.93. The summed E-state index contributed by atoms with van der Waals surface area (Å²) in [5.74, 6) is -1.78. The molecule has 1 aliphatic rings. The number of aliphatic carboxylic acids is 1. The molecular weight excluding hydrogens is 277 g/mol. The fraction of sp³-hybridized carbons (Fsp3) is 0.467. The number of carbonyl (C=O) groups is 2.